The molecule has 3 nitrogen and oxygen atoms in total. The smallest absolute Gasteiger partial charge is 0.305 e. The molecule has 0 radical (unpaired) electrons. The second kappa shape index (κ2) is 12.9. The Morgan fingerprint density at radius 3 is 2.04 bits per heavy atom. The molecule has 0 saturated carbocycles. The summed E-state index contributed by atoms with van der Waals surface area (Å²) in [6.45, 7) is 4.67. The Kier molecular flexibility index (Phi) is 11.0. The minimum atomic E-state index is -0.0358. The van der Waals surface area contributed by atoms with E-state index in [0.29, 0.717) is 18.9 Å². The van der Waals surface area contributed by atoms with E-state index in [1.165, 1.54) is 44.1 Å². The van der Waals surface area contributed by atoms with E-state index in [0.717, 1.165) is 24.9 Å². The third-order valence-corrected chi connectivity index (χ3v) is 4.15. The lowest BCUT2D eigenvalue weighted by Gasteiger charge is -2.07. The van der Waals surface area contributed by atoms with Crippen LogP contribution in [0.3, 0.4) is 0 Å². The van der Waals surface area contributed by atoms with Crippen molar-refractivity contribution < 1.29 is 9.53 Å². The van der Waals surface area contributed by atoms with Gasteiger partial charge in [-0.3, -0.25) is 4.79 Å². The van der Waals surface area contributed by atoms with Gasteiger partial charge in [0.25, 0.3) is 0 Å². The average Bonchev–Trinajstić information content (AvgIpc) is 2.56. The number of esters is 1. The first kappa shape index (κ1) is 20.5. The van der Waals surface area contributed by atoms with E-state index in [4.69, 9.17) is 10.5 Å². The van der Waals surface area contributed by atoms with Gasteiger partial charge in [0.15, 0.2) is 0 Å². The van der Waals surface area contributed by atoms with Gasteiger partial charge in [0.1, 0.15) is 0 Å². The zero-order chi connectivity index (χ0) is 17.6. The van der Waals surface area contributed by atoms with Gasteiger partial charge in [-0.2, -0.15) is 0 Å². The molecule has 0 heterocycles. The van der Waals surface area contributed by atoms with Crippen LogP contribution < -0.4 is 5.73 Å². The van der Waals surface area contributed by atoms with E-state index in [9.17, 15) is 4.79 Å². The highest BCUT2D eigenvalue weighted by molar-refractivity contribution is 5.69. The lowest BCUT2D eigenvalue weighted by atomic mass is 10.0. The molecular weight excluding hydrogens is 298 g/mol. The molecule has 0 saturated heterocycles. The number of aryl methyl sites for hydroxylation is 1. The number of benzene rings is 1. The average molecular weight is 334 g/mol. The summed E-state index contributed by atoms with van der Waals surface area (Å²) in [6.07, 6.45) is 11.5. The van der Waals surface area contributed by atoms with Crippen molar-refractivity contribution in [2.75, 3.05) is 12.3 Å². The van der Waals surface area contributed by atoms with E-state index >= 15 is 0 Å². The lowest BCUT2D eigenvalue weighted by Crippen LogP contribution is -2.09. The number of hydrogen-bond acceptors (Lipinski definition) is 3. The molecule has 3 heteroatoms. The summed E-state index contributed by atoms with van der Waals surface area (Å²) in [5.74, 6) is 0.389. The fourth-order valence-electron chi connectivity index (χ4n) is 2.68. The Balaban J connectivity index is 1.85. The monoisotopic (exact) mass is 333 g/mol. The highest BCUT2D eigenvalue weighted by Gasteiger charge is 2.03. The van der Waals surface area contributed by atoms with Gasteiger partial charge in [-0.25, -0.2) is 0 Å². The zero-order valence-electron chi connectivity index (χ0n) is 15.6. The molecule has 0 aliphatic carbocycles. The molecule has 1 aromatic carbocycles. The Morgan fingerprint density at radius 1 is 0.917 bits per heavy atom. The van der Waals surface area contributed by atoms with Crippen molar-refractivity contribution in [2.24, 2.45) is 5.92 Å². The van der Waals surface area contributed by atoms with Crippen LogP contribution in [0.25, 0.3) is 0 Å². The maximum absolute atomic E-state index is 11.5. The van der Waals surface area contributed by atoms with Crippen LogP contribution in [0, 0.1) is 5.92 Å². The summed E-state index contributed by atoms with van der Waals surface area (Å²) < 4.78 is 5.17. The van der Waals surface area contributed by atoms with E-state index in [2.05, 4.69) is 26.0 Å². The van der Waals surface area contributed by atoms with Crippen LogP contribution >= 0.6 is 0 Å². The zero-order valence-corrected chi connectivity index (χ0v) is 15.6. The number of carbonyl (C=O) groups excluding carboxylic acids is 1. The Labute approximate surface area is 148 Å². The number of nitrogens with two attached hydrogens (primary N) is 1. The molecule has 0 aromatic heterocycles. The van der Waals surface area contributed by atoms with Crippen LogP contribution in [0.15, 0.2) is 24.3 Å². The van der Waals surface area contributed by atoms with E-state index in [-0.39, 0.29) is 5.97 Å². The molecule has 0 amide bonds. The Bertz CT molecular complexity index is 440. The summed E-state index contributed by atoms with van der Waals surface area (Å²) in [5, 5.41) is 0. The molecular formula is C21H35NO2. The molecule has 1 aromatic rings. The van der Waals surface area contributed by atoms with Crippen LogP contribution in [0.2, 0.25) is 0 Å². The number of anilines is 1. The number of rotatable bonds is 13. The van der Waals surface area contributed by atoms with Crippen LogP contribution in [0.1, 0.15) is 77.2 Å². The summed E-state index contributed by atoms with van der Waals surface area (Å²) in [6, 6.07) is 8.21. The fourth-order valence-corrected chi connectivity index (χ4v) is 2.68. The number of ether oxygens (including phenoxy) is 1. The van der Waals surface area contributed by atoms with Gasteiger partial charge in [-0.05, 0) is 42.9 Å². The Hall–Kier alpha value is -1.51. The minimum absolute atomic E-state index is 0.0358. The molecule has 24 heavy (non-hydrogen) atoms. The van der Waals surface area contributed by atoms with Crippen LogP contribution in [0.5, 0.6) is 0 Å². The summed E-state index contributed by atoms with van der Waals surface area (Å²) in [4.78, 5) is 11.5. The molecule has 0 fully saturated rings. The first-order valence-electron chi connectivity index (χ1n) is 9.58. The van der Waals surface area contributed by atoms with E-state index in [1.54, 1.807) is 0 Å². The molecule has 0 unspecified atom stereocenters. The van der Waals surface area contributed by atoms with Crippen molar-refractivity contribution in [3.05, 3.63) is 29.8 Å². The van der Waals surface area contributed by atoms with Crippen molar-refractivity contribution in [1.82, 2.24) is 0 Å². The highest BCUT2D eigenvalue weighted by Crippen LogP contribution is 2.13. The molecule has 2 N–H and O–H groups in total. The number of hydrogen-bond donors (Lipinski definition) is 1. The van der Waals surface area contributed by atoms with Gasteiger partial charge in [-0.1, -0.05) is 64.5 Å². The second-order valence-corrected chi connectivity index (χ2v) is 7.15. The normalized spacial score (nSPS) is 11.0. The third kappa shape index (κ3) is 11.1. The van der Waals surface area contributed by atoms with Crippen LogP contribution in [-0.2, 0) is 16.0 Å². The minimum Gasteiger partial charge on any atom is -0.465 e. The predicted molar refractivity (Wildman–Crippen MR) is 102 cm³/mol. The largest absolute Gasteiger partial charge is 0.465 e. The van der Waals surface area contributed by atoms with E-state index in [1.807, 2.05) is 12.1 Å². The SMILES string of the molecule is CC(C)COC(=O)CCCCCCCCCCc1ccc(N)cc1. The van der Waals surface area contributed by atoms with Crippen molar-refractivity contribution in [1.29, 1.82) is 0 Å². The molecule has 0 aliphatic rings. The molecule has 0 aliphatic heterocycles. The second-order valence-electron chi connectivity index (χ2n) is 7.15. The summed E-state index contributed by atoms with van der Waals surface area (Å²) >= 11 is 0. The first-order valence-corrected chi connectivity index (χ1v) is 9.58. The topological polar surface area (TPSA) is 52.3 Å². The van der Waals surface area contributed by atoms with Gasteiger partial charge in [-0.15, -0.1) is 0 Å². The molecule has 1 rings (SSSR count). The van der Waals surface area contributed by atoms with Crippen molar-refractivity contribution >= 4 is 11.7 Å². The molecule has 136 valence electrons. The summed E-state index contributed by atoms with van der Waals surface area (Å²) in [5.41, 5.74) is 7.91. The maximum atomic E-state index is 11.5. The Morgan fingerprint density at radius 2 is 1.46 bits per heavy atom. The van der Waals surface area contributed by atoms with Crippen LogP contribution in [-0.4, -0.2) is 12.6 Å². The van der Waals surface area contributed by atoms with Gasteiger partial charge in [0.2, 0.25) is 0 Å². The standard InChI is InChI=1S/C21H35NO2/c1-18(2)17-24-21(23)12-10-8-6-4-3-5-7-9-11-19-13-15-20(22)16-14-19/h13-16,18H,3-12,17,22H2,1-2H3. The maximum Gasteiger partial charge on any atom is 0.305 e. The van der Waals surface area contributed by atoms with Gasteiger partial charge in [0.05, 0.1) is 6.61 Å². The molecule has 0 atom stereocenters. The molecule has 0 bridgehead atoms. The van der Waals surface area contributed by atoms with Crippen molar-refractivity contribution in [2.45, 2.75) is 78.1 Å². The highest BCUT2D eigenvalue weighted by atomic mass is 16.5. The first-order chi connectivity index (χ1) is 11.6. The van der Waals surface area contributed by atoms with Gasteiger partial charge < -0.3 is 10.5 Å². The number of carbonyl (C=O) groups is 1. The summed E-state index contributed by atoms with van der Waals surface area (Å²) in [7, 11) is 0. The lowest BCUT2D eigenvalue weighted by molar-refractivity contribution is -0.144. The van der Waals surface area contributed by atoms with Crippen molar-refractivity contribution in [3.8, 4) is 0 Å². The third-order valence-electron chi connectivity index (χ3n) is 4.15. The number of nitrogen functional groups attached to an aromatic ring is 1. The quantitative estimate of drug-likeness (QED) is 0.294. The van der Waals surface area contributed by atoms with Crippen LogP contribution in [0.4, 0.5) is 5.69 Å². The van der Waals surface area contributed by atoms with E-state index < -0.39 is 0 Å². The van der Waals surface area contributed by atoms with Crippen molar-refractivity contribution in [3.63, 3.8) is 0 Å². The number of unbranched alkanes of at least 4 members (excludes halogenated alkanes) is 7. The van der Waals surface area contributed by atoms with Gasteiger partial charge >= 0.3 is 5.97 Å². The van der Waals surface area contributed by atoms with Gasteiger partial charge in [0, 0.05) is 12.1 Å². The fraction of sp³-hybridized carbons (Fsp3) is 0.667. The predicted octanol–water partition coefficient (Wildman–Crippen LogP) is 5.52. The molecule has 0 spiro atoms.